The zero-order valence-corrected chi connectivity index (χ0v) is 22.3. The molecule has 48 heavy (non-hydrogen) atoms. The third-order valence-electron chi connectivity index (χ3n) is 6.86. The van der Waals surface area contributed by atoms with Gasteiger partial charge in [0.2, 0.25) is 0 Å². The maximum absolute atomic E-state index is 12.5. The second-order valence-corrected chi connectivity index (χ2v) is 8.81. The number of nitrogens with zero attached hydrogens (tertiary/aromatic N) is 12. The van der Waals surface area contributed by atoms with Crippen LogP contribution in [0.1, 0.15) is 33.4 Å². The summed E-state index contributed by atoms with van der Waals surface area (Å²) in [5, 5.41) is 125. The van der Waals surface area contributed by atoms with Gasteiger partial charge >= 0.3 is 34.1 Å². The van der Waals surface area contributed by atoms with Crippen molar-refractivity contribution >= 4 is 66.4 Å². The first kappa shape index (κ1) is 31.9. The molecule has 0 spiro atoms. The van der Waals surface area contributed by atoms with Crippen molar-refractivity contribution in [3.05, 3.63) is 94.1 Å². The van der Waals surface area contributed by atoms with Crippen molar-refractivity contribution in [1.29, 1.82) is 31.6 Å². The van der Waals surface area contributed by atoms with Crippen LogP contribution in [0.3, 0.4) is 0 Å². The Morgan fingerprint density at radius 3 is 0.750 bits per heavy atom. The Labute approximate surface area is 258 Å². The summed E-state index contributed by atoms with van der Waals surface area (Å²) in [7, 11) is 0. The predicted molar refractivity (Wildman–Crippen MR) is 147 cm³/mol. The summed E-state index contributed by atoms with van der Waals surface area (Å²) < 4.78 is 0. The lowest BCUT2D eigenvalue weighted by Crippen LogP contribution is -2.10. The fourth-order valence-corrected chi connectivity index (χ4v) is 5.38. The Kier molecular flexibility index (Phi) is 7.27. The molecule has 0 saturated heterocycles. The number of nitriles is 6. The van der Waals surface area contributed by atoms with Gasteiger partial charge in [-0.3, -0.25) is 60.7 Å². The summed E-state index contributed by atoms with van der Waals surface area (Å²) in [6.45, 7) is 0. The molecule has 0 aliphatic heterocycles. The van der Waals surface area contributed by atoms with Crippen molar-refractivity contribution in [3.63, 3.8) is 0 Å². The van der Waals surface area contributed by atoms with Gasteiger partial charge in [0.15, 0.2) is 5.56 Å². The number of hydrogen-bond donors (Lipinski definition) is 0. The highest BCUT2D eigenvalue weighted by Crippen LogP contribution is 2.58. The molecular formula is C24N12O12. The quantitative estimate of drug-likeness (QED) is 0.163. The Bertz CT molecular complexity index is 2640. The van der Waals surface area contributed by atoms with E-state index in [1.165, 1.54) is 30.3 Å². The Morgan fingerprint density at radius 2 is 0.500 bits per heavy atom. The molecule has 4 rings (SSSR count). The highest BCUT2D eigenvalue weighted by Gasteiger charge is 2.51. The first-order chi connectivity index (χ1) is 22.6. The normalized spacial score (nSPS) is 10.1. The monoisotopic (exact) mass is 648 g/mol. The molecule has 0 saturated carbocycles. The lowest BCUT2D eigenvalue weighted by molar-refractivity contribution is -0.450. The standard InChI is InChI=1S/C24N12O12/c25-1-7-8(2-26)10(4-28)14-13(9(7)3-27)15-11(5-29)12(6-30)19(31(37)38)20(32(39)40)16(15)18-17(14)21(33(41)42)23(35(45)46)24(36(47)48)22(18)34(43)44. The molecule has 0 unspecified atom stereocenters. The molecule has 24 heteroatoms. The molecule has 0 heterocycles. The molecule has 4 aromatic carbocycles. The van der Waals surface area contributed by atoms with E-state index in [-0.39, 0.29) is 0 Å². The minimum Gasteiger partial charge on any atom is -0.258 e. The average molecular weight is 648 g/mol. The van der Waals surface area contributed by atoms with Crippen molar-refractivity contribution in [3.8, 4) is 36.4 Å². The van der Waals surface area contributed by atoms with Crippen LogP contribution in [0.2, 0.25) is 0 Å². The largest absolute Gasteiger partial charge is 0.430 e. The Hall–Kier alpha value is -9.00. The van der Waals surface area contributed by atoms with E-state index in [4.69, 9.17) is 0 Å². The number of benzene rings is 4. The smallest absolute Gasteiger partial charge is 0.258 e. The van der Waals surface area contributed by atoms with Crippen molar-refractivity contribution in [2.75, 3.05) is 0 Å². The summed E-state index contributed by atoms with van der Waals surface area (Å²) >= 11 is 0. The van der Waals surface area contributed by atoms with Crippen molar-refractivity contribution in [1.82, 2.24) is 0 Å². The highest BCUT2D eigenvalue weighted by molar-refractivity contribution is 6.37. The van der Waals surface area contributed by atoms with Gasteiger partial charge in [0.05, 0.1) is 73.5 Å². The van der Waals surface area contributed by atoms with Crippen LogP contribution in [-0.4, -0.2) is 29.5 Å². The van der Waals surface area contributed by atoms with E-state index in [1.807, 2.05) is 0 Å². The number of nitro groups is 6. The van der Waals surface area contributed by atoms with E-state index in [0.717, 1.165) is 6.07 Å². The number of fused-ring (bicyclic) bond motifs is 6. The lowest BCUT2D eigenvalue weighted by atomic mass is 9.80. The minimum absolute atomic E-state index is 1.04. The molecule has 0 bridgehead atoms. The maximum Gasteiger partial charge on any atom is 0.430 e. The Balaban J connectivity index is 3.03. The van der Waals surface area contributed by atoms with Crippen molar-refractivity contribution in [2.24, 2.45) is 0 Å². The van der Waals surface area contributed by atoms with Crippen LogP contribution >= 0.6 is 0 Å². The van der Waals surface area contributed by atoms with Crippen LogP contribution in [-0.2, 0) is 0 Å². The van der Waals surface area contributed by atoms with E-state index >= 15 is 0 Å². The fourth-order valence-electron chi connectivity index (χ4n) is 5.38. The van der Waals surface area contributed by atoms with Gasteiger partial charge in [-0.15, -0.1) is 0 Å². The summed E-state index contributed by atoms with van der Waals surface area (Å²) in [5.41, 5.74) is -19.8. The lowest BCUT2D eigenvalue weighted by Gasteiger charge is -2.16. The van der Waals surface area contributed by atoms with Gasteiger partial charge in [-0.05, 0) is 0 Å². The maximum atomic E-state index is 12.5. The first-order valence-corrected chi connectivity index (χ1v) is 11.6. The molecule has 0 N–H and O–H groups in total. The number of hydrogen-bond acceptors (Lipinski definition) is 18. The number of rotatable bonds is 6. The molecule has 0 aliphatic carbocycles. The van der Waals surface area contributed by atoms with E-state index in [1.54, 1.807) is 0 Å². The SMILES string of the molecule is N#Cc1c(C#N)c(C#N)c2c(c1C#N)c1c(C#N)c(C#N)c([N+](=O)[O-])c([N+](=O)[O-])c1c1c([N+](=O)[O-])c([N+](=O)[O-])c([N+](=O)[O-])c([N+](=O)[O-])c21. The number of nitro benzene ring substituents is 6. The molecule has 0 atom stereocenters. The fraction of sp³-hybridized carbons (Fsp3) is 0. The van der Waals surface area contributed by atoms with Gasteiger partial charge < -0.3 is 0 Å². The van der Waals surface area contributed by atoms with E-state index in [2.05, 4.69) is 0 Å². The van der Waals surface area contributed by atoms with E-state index < -0.39 is 129 Å². The second-order valence-electron chi connectivity index (χ2n) is 8.81. The molecule has 228 valence electrons. The average Bonchev–Trinajstić information content (AvgIpc) is 3.03. The molecule has 0 amide bonds. The molecule has 0 aromatic heterocycles. The van der Waals surface area contributed by atoms with Crippen LogP contribution in [0.15, 0.2) is 0 Å². The zero-order chi connectivity index (χ0) is 36.1. The van der Waals surface area contributed by atoms with Crippen LogP contribution in [0.5, 0.6) is 0 Å². The van der Waals surface area contributed by atoms with Crippen LogP contribution in [0.25, 0.3) is 32.3 Å². The predicted octanol–water partition coefficient (Wildman–Crippen LogP) is 3.83. The second kappa shape index (κ2) is 10.9. The molecular weight excluding hydrogens is 648 g/mol. The van der Waals surface area contributed by atoms with E-state index in [0.29, 0.717) is 0 Å². The molecule has 0 aliphatic rings. The van der Waals surface area contributed by atoms with Crippen molar-refractivity contribution in [2.45, 2.75) is 0 Å². The van der Waals surface area contributed by atoms with Crippen LogP contribution < -0.4 is 0 Å². The summed E-state index contributed by atoms with van der Waals surface area (Å²) in [5.74, 6) is 0. The molecule has 0 radical (unpaired) electrons. The highest BCUT2D eigenvalue weighted by atomic mass is 16.7. The zero-order valence-electron chi connectivity index (χ0n) is 22.3. The minimum atomic E-state index is -2.28. The van der Waals surface area contributed by atoms with Gasteiger partial charge in [-0.25, -0.2) is 0 Å². The molecule has 0 fully saturated rings. The summed E-state index contributed by atoms with van der Waals surface area (Å²) in [6.07, 6.45) is 0. The van der Waals surface area contributed by atoms with Gasteiger partial charge in [-0.2, -0.15) is 31.6 Å². The third-order valence-corrected chi connectivity index (χ3v) is 6.86. The molecule has 24 nitrogen and oxygen atoms in total. The summed E-state index contributed by atoms with van der Waals surface area (Å²) in [6, 6.07) is 7.87. The van der Waals surface area contributed by atoms with Gasteiger partial charge in [-0.1, -0.05) is 0 Å². The van der Waals surface area contributed by atoms with Gasteiger partial charge in [0.25, 0.3) is 0 Å². The first-order valence-electron chi connectivity index (χ1n) is 11.6. The van der Waals surface area contributed by atoms with Gasteiger partial charge in [0, 0.05) is 16.2 Å². The summed E-state index contributed by atoms with van der Waals surface area (Å²) in [4.78, 5) is 63.6. The van der Waals surface area contributed by atoms with Crippen LogP contribution in [0, 0.1) is 129 Å². The van der Waals surface area contributed by atoms with Crippen LogP contribution in [0.4, 0.5) is 34.1 Å². The van der Waals surface area contributed by atoms with Crippen molar-refractivity contribution < 1.29 is 29.5 Å². The third kappa shape index (κ3) is 3.89. The van der Waals surface area contributed by atoms with Gasteiger partial charge in [0.1, 0.15) is 36.4 Å². The molecule has 4 aromatic rings. The Morgan fingerprint density at radius 1 is 0.292 bits per heavy atom. The topological polar surface area (TPSA) is 402 Å². The van der Waals surface area contributed by atoms with E-state index in [9.17, 15) is 92.3 Å².